The maximum Gasteiger partial charge on any atom is 0.417 e. The van der Waals surface area contributed by atoms with Crippen molar-refractivity contribution in [3.8, 4) is 0 Å². The third-order valence-electron chi connectivity index (χ3n) is 4.17. The minimum absolute atomic E-state index is 0.209. The number of alkyl carbamates (subject to hydrolysis) is 1. The van der Waals surface area contributed by atoms with Gasteiger partial charge in [-0.1, -0.05) is 0 Å². The van der Waals surface area contributed by atoms with E-state index in [0.29, 0.717) is 24.5 Å². The Morgan fingerprint density at radius 1 is 1.26 bits per heavy atom. The summed E-state index contributed by atoms with van der Waals surface area (Å²) in [6, 6.07) is 0.725. The van der Waals surface area contributed by atoms with Crippen LogP contribution in [0.4, 0.5) is 34.1 Å². The number of nitrogens with one attached hydrogen (secondary N) is 1. The molecule has 0 aliphatic carbocycles. The summed E-state index contributed by atoms with van der Waals surface area (Å²) >= 11 is 0. The summed E-state index contributed by atoms with van der Waals surface area (Å²) < 4.78 is 58.6. The number of nitrogens with zero attached hydrogens (tertiary/aromatic N) is 2. The molecule has 148 valence electrons. The number of rotatable bonds is 3. The zero-order chi connectivity index (χ0) is 19.6. The fraction of sp³-hybridized carbons (Fsp3) is 0.500. The van der Waals surface area contributed by atoms with Crippen LogP contribution in [-0.2, 0) is 14.2 Å². The summed E-state index contributed by atoms with van der Waals surface area (Å²) in [6.07, 6.45) is -2.74. The summed E-state index contributed by atoms with van der Waals surface area (Å²) in [7, 11) is 1.30. The Hall–Kier alpha value is -2.69. The van der Waals surface area contributed by atoms with E-state index < -0.39 is 53.8 Å². The minimum atomic E-state index is -1.41. The van der Waals surface area contributed by atoms with Crippen molar-refractivity contribution < 1.29 is 37.0 Å². The molecular formula is C16H18F3N3O5. The first-order valence-electron chi connectivity index (χ1n) is 8.29. The van der Waals surface area contributed by atoms with E-state index in [1.807, 2.05) is 0 Å². The van der Waals surface area contributed by atoms with Gasteiger partial charge < -0.3 is 24.4 Å². The Labute approximate surface area is 152 Å². The van der Waals surface area contributed by atoms with E-state index in [1.54, 1.807) is 0 Å². The quantitative estimate of drug-likeness (QED) is 0.797. The van der Waals surface area contributed by atoms with Crippen molar-refractivity contribution in [2.75, 3.05) is 49.7 Å². The molecule has 1 atom stereocenters. The van der Waals surface area contributed by atoms with Gasteiger partial charge in [-0.25, -0.2) is 22.8 Å². The van der Waals surface area contributed by atoms with Crippen LogP contribution in [0.25, 0.3) is 0 Å². The van der Waals surface area contributed by atoms with Gasteiger partial charge in [-0.2, -0.15) is 0 Å². The number of anilines is 2. The van der Waals surface area contributed by atoms with E-state index in [1.165, 1.54) is 11.9 Å². The van der Waals surface area contributed by atoms with Gasteiger partial charge in [0.25, 0.3) is 6.29 Å². The average Bonchev–Trinajstić information content (AvgIpc) is 2.84. The second-order valence-electron chi connectivity index (χ2n) is 5.89. The first-order valence-corrected chi connectivity index (χ1v) is 8.29. The topological polar surface area (TPSA) is 80.3 Å². The number of hydrogen-bond donors (Lipinski definition) is 1. The first-order chi connectivity index (χ1) is 12.9. The lowest BCUT2D eigenvalue weighted by Gasteiger charge is -2.24. The summed E-state index contributed by atoms with van der Waals surface area (Å²) in [5, 5.41) is 2.16. The SMILES string of the molecule is CNC(=O)OC1CN(c2cc(F)c(N3CCCOCC3)c(F)c2F)C(=O)O1. The van der Waals surface area contributed by atoms with Gasteiger partial charge in [0.05, 0.1) is 12.3 Å². The lowest BCUT2D eigenvalue weighted by Crippen LogP contribution is -2.31. The number of carbonyl (C=O) groups excluding carboxylic acids is 2. The molecule has 11 heteroatoms. The van der Waals surface area contributed by atoms with E-state index in [4.69, 9.17) is 14.2 Å². The number of amides is 2. The Balaban J connectivity index is 1.87. The average molecular weight is 389 g/mol. The molecule has 2 fully saturated rings. The van der Waals surface area contributed by atoms with Crippen molar-refractivity contribution >= 4 is 23.6 Å². The molecule has 2 saturated heterocycles. The smallest absolute Gasteiger partial charge is 0.407 e. The van der Waals surface area contributed by atoms with Crippen LogP contribution in [0.5, 0.6) is 0 Å². The molecule has 0 radical (unpaired) electrons. The van der Waals surface area contributed by atoms with E-state index in [0.717, 1.165) is 6.07 Å². The van der Waals surface area contributed by atoms with Crippen LogP contribution in [0.2, 0.25) is 0 Å². The normalized spacial score (nSPS) is 20.3. The Morgan fingerprint density at radius 3 is 2.78 bits per heavy atom. The second kappa shape index (κ2) is 7.91. The molecule has 1 N–H and O–H groups in total. The molecule has 27 heavy (non-hydrogen) atoms. The van der Waals surface area contributed by atoms with Crippen LogP contribution in [0.1, 0.15) is 6.42 Å². The molecule has 0 aromatic heterocycles. The van der Waals surface area contributed by atoms with Crippen molar-refractivity contribution in [3.63, 3.8) is 0 Å². The lowest BCUT2D eigenvalue weighted by molar-refractivity contribution is -0.0285. The van der Waals surface area contributed by atoms with Crippen LogP contribution in [-0.4, -0.2) is 58.4 Å². The number of ether oxygens (including phenoxy) is 3. The van der Waals surface area contributed by atoms with E-state index in [9.17, 15) is 22.8 Å². The van der Waals surface area contributed by atoms with Gasteiger partial charge in [0.15, 0.2) is 17.5 Å². The molecule has 2 aliphatic heterocycles. The second-order valence-corrected chi connectivity index (χ2v) is 5.89. The Kier molecular flexibility index (Phi) is 5.59. The number of cyclic esters (lactones) is 1. The van der Waals surface area contributed by atoms with Gasteiger partial charge in [0.1, 0.15) is 12.2 Å². The third-order valence-corrected chi connectivity index (χ3v) is 4.17. The van der Waals surface area contributed by atoms with Crippen LogP contribution in [0, 0.1) is 17.5 Å². The van der Waals surface area contributed by atoms with Gasteiger partial charge >= 0.3 is 12.2 Å². The summed E-state index contributed by atoms with van der Waals surface area (Å²) in [5.74, 6) is -3.82. The number of halogens is 3. The van der Waals surface area contributed by atoms with Crippen LogP contribution in [0.15, 0.2) is 6.07 Å². The molecule has 1 aromatic carbocycles. The van der Waals surface area contributed by atoms with E-state index in [2.05, 4.69) is 5.32 Å². The molecule has 1 aromatic rings. The predicted octanol–water partition coefficient (Wildman–Crippen LogP) is 1.97. The molecule has 0 bridgehead atoms. The monoisotopic (exact) mass is 389 g/mol. The first kappa shape index (κ1) is 19.1. The molecule has 0 spiro atoms. The maximum absolute atomic E-state index is 14.6. The van der Waals surface area contributed by atoms with Crippen molar-refractivity contribution in [1.29, 1.82) is 0 Å². The predicted molar refractivity (Wildman–Crippen MR) is 87.1 cm³/mol. The molecular weight excluding hydrogens is 371 g/mol. The molecule has 1 unspecified atom stereocenters. The minimum Gasteiger partial charge on any atom is -0.407 e. The van der Waals surface area contributed by atoms with E-state index in [-0.39, 0.29) is 13.2 Å². The van der Waals surface area contributed by atoms with Gasteiger partial charge in [0.2, 0.25) is 0 Å². The van der Waals surface area contributed by atoms with Crippen molar-refractivity contribution in [1.82, 2.24) is 5.32 Å². The van der Waals surface area contributed by atoms with Crippen LogP contribution >= 0.6 is 0 Å². The molecule has 2 aliphatic rings. The molecule has 2 heterocycles. The lowest BCUT2D eigenvalue weighted by atomic mass is 10.2. The molecule has 3 rings (SSSR count). The zero-order valence-corrected chi connectivity index (χ0v) is 14.5. The van der Waals surface area contributed by atoms with E-state index >= 15 is 0 Å². The number of benzene rings is 1. The van der Waals surface area contributed by atoms with Crippen LogP contribution < -0.4 is 15.1 Å². The zero-order valence-electron chi connectivity index (χ0n) is 14.5. The Bertz CT molecular complexity index is 741. The van der Waals surface area contributed by atoms with Gasteiger partial charge in [0, 0.05) is 32.8 Å². The number of hydrogen-bond acceptors (Lipinski definition) is 6. The van der Waals surface area contributed by atoms with Gasteiger partial charge in [-0.3, -0.25) is 4.90 Å². The van der Waals surface area contributed by atoms with Crippen molar-refractivity contribution in [2.24, 2.45) is 0 Å². The highest BCUT2D eigenvalue weighted by Crippen LogP contribution is 2.34. The highest BCUT2D eigenvalue weighted by Gasteiger charge is 2.38. The van der Waals surface area contributed by atoms with Crippen molar-refractivity contribution in [2.45, 2.75) is 12.7 Å². The fourth-order valence-electron chi connectivity index (χ4n) is 2.90. The molecule has 0 saturated carbocycles. The highest BCUT2D eigenvalue weighted by molar-refractivity contribution is 5.90. The molecule has 8 nitrogen and oxygen atoms in total. The Morgan fingerprint density at radius 2 is 2.04 bits per heavy atom. The summed E-state index contributed by atoms with van der Waals surface area (Å²) in [6.45, 7) is 0.825. The van der Waals surface area contributed by atoms with Gasteiger partial charge in [-0.15, -0.1) is 0 Å². The highest BCUT2D eigenvalue weighted by atomic mass is 19.2. The third kappa shape index (κ3) is 3.87. The summed E-state index contributed by atoms with van der Waals surface area (Å²) in [4.78, 5) is 25.1. The standard InChI is InChI=1S/C16H18F3N3O5/c1-20-15(23)26-11-8-22(16(24)27-11)10-7-9(17)14(13(19)12(10)18)21-3-2-5-25-6-4-21/h7,11H,2-6,8H2,1H3,(H,20,23). The van der Waals surface area contributed by atoms with Crippen LogP contribution in [0.3, 0.4) is 0 Å². The largest absolute Gasteiger partial charge is 0.417 e. The molecule has 2 amide bonds. The fourth-order valence-corrected chi connectivity index (χ4v) is 2.90. The van der Waals surface area contributed by atoms with Crippen molar-refractivity contribution in [3.05, 3.63) is 23.5 Å². The summed E-state index contributed by atoms with van der Waals surface area (Å²) in [5.41, 5.74) is -1.14. The number of carbonyl (C=O) groups is 2. The maximum atomic E-state index is 14.6. The van der Waals surface area contributed by atoms with Gasteiger partial charge in [-0.05, 0) is 6.42 Å².